The number of aryl methyl sites for hydroxylation is 1. The van der Waals surface area contributed by atoms with E-state index < -0.39 is 10.1 Å². The van der Waals surface area contributed by atoms with Gasteiger partial charge in [-0.1, -0.05) is 66.2 Å². The number of pyridine rings is 6. The molecule has 0 radical (unpaired) electrons. The number of nitrogens with one attached hydrogen (secondary N) is 3. The third-order valence-corrected chi connectivity index (χ3v) is 13.7. The van der Waals surface area contributed by atoms with Crippen LogP contribution in [0.5, 0.6) is 11.5 Å². The number of nitrogens with zero attached hydrogens (tertiary/aromatic N) is 6. The highest BCUT2D eigenvalue weighted by Crippen LogP contribution is 2.32. The lowest BCUT2D eigenvalue weighted by atomic mass is 10.0. The van der Waals surface area contributed by atoms with Crippen LogP contribution in [0, 0.1) is 6.92 Å². The molecule has 0 spiro atoms. The summed E-state index contributed by atoms with van der Waals surface area (Å²) in [4.78, 5) is 27.7. The maximum atomic E-state index is 12.2. The first-order chi connectivity index (χ1) is 41.7. The van der Waals surface area contributed by atoms with Gasteiger partial charge in [0.05, 0.1) is 83.5 Å². The summed E-state index contributed by atoms with van der Waals surface area (Å²) >= 11 is 0. The molecule has 3 aromatic carbocycles. The van der Waals surface area contributed by atoms with E-state index in [0.717, 1.165) is 118 Å². The maximum absolute atomic E-state index is 12.2. The maximum Gasteiger partial charge on any atom is 0.297 e. The number of ether oxygens (including phenoxy) is 4. The molecule has 9 aromatic rings. The second kappa shape index (κ2) is 36.5. The van der Waals surface area contributed by atoms with Crippen LogP contribution >= 0.6 is 0 Å². The zero-order valence-corrected chi connectivity index (χ0v) is 48.8. The summed E-state index contributed by atoms with van der Waals surface area (Å²) < 4.78 is 52.2. The van der Waals surface area contributed by atoms with Gasteiger partial charge in [-0.15, -0.1) is 0 Å². The van der Waals surface area contributed by atoms with Crippen molar-refractivity contribution in [3.8, 4) is 79.3 Å². The van der Waals surface area contributed by atoms with Crippen LogP contribution in [-0.2, 0) is 23.8 Å². The van der Waals surface area contributed by atoms with Crippen LogP contribution in [0.25, 0.3) is 67.8 Å². The van der Waals surface area contributed by atoms with Crippen LogP contribution < -0.4 is 42.6 Å². The van der Waals surface area contributed by atoms with Gasteiger partial charge in [0.15, 0.2) is 0 Å². The summed E-state index contributed by atoms with van der Waals surface area (Å²) in [6.45, 7) is 11.5. The van der Waals surface area contributed by atoms with Crippen molar-refractivity contribution in [3.63, 3.8) is 0 Å². The highest BCUT2D eigenvalue weighted by atomic mass is 32.2. The van der Waals surface area contributed by atoms with Gasteiger partial charge in [0.1, 0.15) is 24.7 Å². The van der Waals surface area contributed by atoms with Crippen LogP contribution in [0.1, 0.15) is 5.56 Å². The lowest BCUT2D eigenvalue weighted by Gasteiger charge is -2.11. The normalized spacial score (nSPS) is 11.0. The molecule has 0 amide bonds. The quantitative estimate of drug-likeness (QED) is 0.0178. The zero-order chi connectivity index (χ0) is 59.6. The molecule has 444 valence electrons. The van der Waals surface area contributed by atoms with Gasteiger partial charge in [0.25, 0.3) is 10.1 Å². The molecule has 9 rings (SSSR count). The molecule has 20 heteroatoms. The smallest absolute Gasteiger partial charge is 0.297 e. The molecular formula is C65H76N12O7S. The monoisotopic (exact) mass is 1170 g/mol. The van der Waals surface area contributed by atoms with Gasteiger partial charge in [-0.2, -0.15) is 8.42 Å². The molecule has 0 aliphatic rings. The molecule has 0 unspecified atom stereocenters. The Morgan fingerprint density at radius 2 is 0.741 bits per heavy atom. The van der Waals surface area contributed by atoms with E-state index in [1.54, 1.807) is 36.9 Å². The number of nitrogens with two attached hydrogens (primary N) is 3. The average molecular weight is 1170 g/mol. The van der Waals surface area contributed by atoms with Crippen LogP contribution in [0.4, 0.5) is 0 Å². The van der Waals surface area contributed by atoms with Crippen molar-refractivity contribution in [1.82, 2.24) is 45.9 Å². The van der Waals surface area contributed by atoms with Crippen molar-refractivity contribution < 1.29 is 31.5 Å². The second-order valence-electron chi connectivity index (χ2n) is 18.8. The van der Waals surface area contributed by atoms with Gasteiger partial charge < -0.3 is 52.1 Å². The molecule has 0 saturated heterocycles. The third kappa shape index (κ3) is 22.4. The van der Waals surface area contributed by atoms with Gasteiger partial charge in [-0.05, 0) is 138 Å². The molecule has 6 heterocycles. The van der Waals surface area contributed by atoms with Gasteiger partial charge >= 0.3 is 0 Å². The molecule has 0 bridgehead atoms. The summed E-state index contributed by atoms with van der Waals surface area (Å²) in [5.41, 5.74) is 27.2. The van der Waals surface area contributed by atoms with E-state index >= 15 is 0 Å². The minimum atomic E-state index is -3.80. The Morgan fingerprint density at radius 1 is 0.376 bits per heavy atom. The van der Waals surface area contributed by atoms with Gasteiger partial charge in [-0.3, -0.25) is 24.1 Å². The molecule has 0 aliphatic carbocycles. The van der Waals surface area contributed by atoms with Gasteiger partial charge in [-0.25, -0.2) is 9.97 Å². The Hall–Kier alpha value is -8.25. The largest absolute Gasteiger partial charge is 0.491 e. The van der Waals surface area contributed by atoms with E-state index in [1.807, 2.05) is 128 Å². The van der Waals surface area contributed by atoms with E-state index in [9.17, 15) is 8.42 Å². The van der Waals surface area contributed by atoms with E-state index in [2.05, 4.69) is 60.2 Å². The predicted octanol–water partition coefficient (Wildman–Crippen LogP) is 7.88. The molecule has 0 fully saturated rings. The Kier molecular flexibility index (Phi) is 27.6. The minimum Gasteiger partial charge on any atom is -0.491 e. The topological polar surface area (TPSA) is 272 Å². The summed E-state index contributed by atoms with van der Waals surface area (Å²) in [5.74, 6) is 1.50. The van der Waals surface area contributed by atoms with Crippen LogP contribution in [0.2, 0.25) is 0 Å². The summed E-state index contributed by atoms with van der Waals surface area (Å²) in [6, 6.07) is 53.6. The van der Waals surface area contributed by atoms with E-state index in [0.29, 0.717) is 58.4 Å². The average Bonchev–Trinajstić information content (AvgIpc) is 3.50. The second-order valence-corrected chi connectivity index (χ2v) is 20.4. The van der Waals surface area contributed by atoms with Crippen molar-refractivity contribution >= 4 is 10.1 Å². The molecule has 6 aromatic heterocycles. The van der Waals surface area contributed by atoms with Crippen molar-refractivity contribution in [1.29, 1.82) is 0 Å². The summed E-state index contributed by atoms with van der Waals surface area (Å²) in [6.07, 6.45) is 7.05. The standard InChI is InChI=1S/C32H29N3O5S.C29H34N6O2.C4H13N3/c1-24-8-14-28(15-9-24)41(36,37)40-21-19-38-18-20-39-27-12-10-25(11-13-27)26-22-31(29-6-2-4-16-33-29)35-32(23-26)30-7-3-5-17-34-30;30-11-14-31-15-16-32-17-18-36-19-20-37-25-9-7-23(8-10-25)24-21-28(26-5-1-3-12-33-26)35-29(22-24)27-6-2-4-13-34-27;5-1-3-7-4-2-6/h2-17,22-23H,18-21H2,1H3;1-10,12-13,21-22,31-32H,11,14-20,30H2;7H,1-6H2. The fourth-order valence-corrected chi connectivity index (χ4v) is 8.98. The fraction of sp³-hybridized carbons (Fsp3) is 0.262. The lowest BCUT2D eigenvalue weighted by Crippen LogP contribution is -2.32. The number of rotatable bonds is 31. The Labute approximate surface area is 498 Å². The SMILES string of the molecule is Cc1ccc(S(=O)(=O)OCCOCCOc2ccc(-c3cc(-c4ccccn4)nc(-c4ccccn4)c3)cc2)cc1.NCCNCCN.NCCNCCNCCOCCOc1ccc(-c2cc(-c3ccccn3)nc(-c3ccccn3)c2)cc1. The Bertz CT molecular complexity index is 3280. The summed E-state index contributed by atoms with van der Waals surface area (Å²) in [7, 11) is -3.80. The van der Waals surface area contributed by atoms with Crippen molar-refractivity contribution in [3.05, 3.63) is 200 Å². The molecule has 85 heavy (non-hydrogen) atoms. The minimum absolute atomic E-state index is 0.0716. The zero-order valence-electron chi connectivity index (χ0n) is 48.0. The number of benzene rings is 3. The van der Waals surface area contributed by atoms with Gasteiger partial charge in [0.2, 0.25) is 0 Å². The highest BCUT2D eigenvalue weighted by Gasteiger charge is 2.16. The van der Waals surface area contributed by atoms with Crippen molar-refractivity contribution in [2.24, 2.45) is 17.2 Å². The van der Waals surface area contributed by atoms with Crippen LogP contribution in [0.3, 0.4) is 0 Å². The lowest BCUT2D eigenvalue weighted by molar-refractivity contribution is 0.0779. The molecule has 9 N–H and O–H groups in total. The van der Waals surface area contributed by atoms with E-state index in [1.165, 1.54) is 12.1 Å². The van der Waals surface area contributed by atoms with E-state index in [-0.39, 0.29) is 18.1 Å². The van der Waals surface area contributed by atoms with Crippen molar-refractivity contribution in [2.75, 3.05) is 105 Å². The Morgan fingerprint density at radius 3 is 1.12 bits per heavy atom. The number of hydrogen-bond acceptors (Lipinski definition) is 19. The van der Waals surface area contributed by atoms with Crippen LogP contribution in [-0.4, -0.2) is 143 Å². The van der Waals surface area contributed by atoms with Crippen molar-refractivity contribution in [2.45, 2.75) is 11.8 Å². The third-order valence-electron chi connectivity index (χ3n) is 12.4. The first-order valence-corrected chi connectivity index (χ1v) is 29.6. The fourth-order valence-electron chi connectivity index (χ4n) is 8.08. The molecule has 0 saturated carbocycles. The van der Waals surface area contributed by atoms with Gasteiger partial charge in [0, 0.05) is 83.7 Å². The first-order valence-electron chi connectivity index (χ1n) is 28.2. The molecular weight excluding hydrogens is 1090 g/mol. The molecule has 0 atom stereocenters. The predicted molar refractivity (Wildman–Crippen MR) is 335 cm³/mol. The van der Waals surface area contributed by atoms with Crippen LogP contribution in [0.15, 0.2) is 200 Å². The first kappa shape index (κ1) is 64.3. The molecule has 0 aliphatic heterocycles. The Balaban J connectivity index is 0.000000220. The highest BCUT2D eigenvalue weighted by molar-refractivity contribution is 7.86. The number of hydrogen-bond donors (Lipinski definition) is 6. The van der Waals surface area contributed by atoms with E-state index in [4.69, 9.17) is 50.3 Å². The number of aromatic nitrogens is 6. The molecule has 19 nitrogen and oxygen atoms in total. The summed E-state index contributed by atoms with van der Waals surface area (Å²) in [5, 5.41) is 9.60.